The minimum Gasteiger partial charge on any atom is -0.462 e. The van der Waals surface area contributed by atoms with E-state index in [4.69, 9.17) is 14.2 Å². The van der Waals surface area contributed by atoms with Crippen molar-refractivity contribution < 1.29 is 28.6 Å². The highest BCUT2D eigenvalue weighted by Crippen LogP contribution is 2.15. The molecule has 0 N–H and O–H groups in total. The van der Waals surface area contributed by atoms with Crippen LogP contribution in [0, 0.1) is 5.92 Å². The maximum atomic E-state index is 12.6. The van der Waals surface area contributed by atoms with Gasteiger partial charge in [0.15, 0.2) is 6.10 Å². The summed E-state index contributed by atoms with van der Waals surface area (Å²) in [5.41, 5.74) is 0. The summed E-state index contributed by atoms with van der Waals surface area (Å²) in [5, 5.41) is 0. The van der Waals surface area contributed by atoms with Crippen molar-refractivity contribution in [1.29, 1.82) is 0 Å². The summed E-state index contributed by atoms with van der Waals surface area (Å²) < 4.78 is 16.5. The molecule has 0 saturated heterocycles. The zero-order valence-electron chi connectivity index (χ0n) is 31.0. The third kappa shape index (κ3) is 33.8. The lowest BCUT2D eigenvalue weighted by Crippen LogP contribution is -2.30. The molecule has 0 rings (SSSR count). The summed E-state index contributed by atoms with van der Waals surface area (Å²) in [6.45, 7) is 8.89. The van der Waals surface area contributed by atoms with Crippen LogP contribution in [0.1, 0.15) is 214 Å². The number of esters is 3. The molecular weight excluding hydrogens is 576 g/mol. The molecule has 0 heterocycles. The van der Waals surface area contributed by atoms with E-state index in [0.29, 0.717) is 19.3 Å². The Morgan fingerprint density at radius 1 is 0.413 bits per heavy atom. The van der Waals surface area contributed by atoms with Gasteiger partial charge in [0.1, 0.15) is 13.2 Å². The molecule has 0 spiro atoms. The molecule has 0 unspecified atom stereocenters. The minimum absolute atomic E-state index is 0.0656. The van der Waals surface area contributed by atoms with Gasteiger partial charge in [-0.15, -0.1) is 0 Å². The number of carbonyl (C=O) groups is 3. The number of rotatable bonds is 35. The molecule has 0 amide bonds. The van der Waals surface area contributed by atoms with Crippen molar-refractivity contribution >= 4 is 17.9 Å². The van der Waals surface area contributed by atoms with Crippen molar-refractivity contribution in [2.24, 2.45) is 5.92 Å². The largest absolute Gasteiger partial charge is 0.462 e. The number of hydrogen-bond acceptors (Lipinski definition) is 6. The summed E-state index contributed by atoms with van der Waals surface area (Å²) in [7, 11) is 0. The molecule has 0 aliphatic carbocycles. The van der Waals surface area contributed by atoms with Gasteiger partial charge in [-0.05, 0) is 25.2 Å². The second kappa shape index (κ2) is 34.7. The quantitative estimate of drug-likeness (QED) is 0.0385. The van der Waals surface area contributed by atoms with E-state index in [2.05, 4.69) is 27.7 Å². The minimum atomic E-state index is -0.756. The van der Waals surface area contributed by atoms with E-state index in [1.165, 1.54) is 109 Å². The summed E-state index contributed by atoms with van der Waals surface area (Å²) in [6.07, 6.45) is 31.0. The fourth-order valence-corrected chi connectivity index (χ4v) is 5.74. The Balaban J connectivity index is 4.31. The van der Waals surface area contributed by atoms with Gasteiger partial charge in [0, 0.05) is 19.3 Å². The van der Waals surface area contributed by atoms with Crippen LogP contribution in [-0.2, 0) is 28.6 Å². The molecule has 0 radical (unpaired) electrons. The molecule has 0 saturated carbocycles. The van der Waals surface area contributed by atoms with Crippen LogP contribution in [-0.4, -0.2) is 37.2 Å². The molecule has 0 aromatic carbocycles. The highest BCUT2D eigenvalue weighted by Gasteiger charge is 2.19. The number of unbranched alkanes of at least 4 members (excludes halogenated alkanes) is 22. The lowest BCUT2D eigenvalue weighted by molar-refractivity contribution is -0.167. The topological polar surface area (TPSA) is 78.9 Å². The molecular formula is C40H76O6. The molecule has 0 fully saturated rings. The molecule has 0 aromatic rings. The lowest BCUT2D eigenvalue weighted by Gasteiger charge is -2.18. The Hall–Kier alpha value is -1.59. The normalized spacial score (nSPS) is 11.9. The molecule has 0 bridgehead atoms. The Kier molecular flexibility index (Phi) is 33.5. The third-order valence-electron chi connectivity index (χ3n) is 8.79. The summed E-state index contributed by atoms with van der Waals surface area (Å²) in [6, 6.07) is 0. The monoisotopic (exact) mass is 653 g/mol. The SMILES string of the molecule is CCCCCCCCCCCC(=O)O[C@@H](COC(=O)CCCCCCCCC)COC(=O)CCCCCCCCCCCC(C)C. The van der Waals surface area contributed by atoms with Gasteiger partial charge in [-0.25, -0.2) is 0 Å². The Morgan fingerprint density at radius 2 is 0.717 bits per heavy atom. The van der Waals surface area contributed by atoms with E-state index in [-0.39, 0.29) is 31.1 Å². The molecule has 46 heavy (non-hydrogen) atoms. The van der Waals surface area contributed by atoms with E-state index in [1.807, 2.05) is 0 Å². The van der Waals surface area contributed by atoms with Crippen molar-refractivity contribution in [3.63, 3.8) is 0 Å². The first-order valence-electron chi connectivity index (χ1n) is 19.9. The maximum absolute atomic E-state index is 12.6. The maximum Gasteiger partial charge on any atom is 0.306 e. The Labute approximate surface area is 285 Å². The zero-order valence-corrected chi connectivity index (χ0v) is 31.0. The average molecular weight is 653 g/mol. The smallest absolute Gasteiger partial charge is 0.306 e. The van der Waals surface area contributed by atoms with Crippen LogP contribution in [0.25, 0.3) is 0 Å². The fourth-order valence-electron chi connectivity index (χ4n) is 5.74. The van der Waals surface area contributed by atoms with Crippen LogP contribution in [0.2, 0.25) is 0 Å². The van der Waals surface area contributed by atoms with E-state index < -0.39 is 6.10 Å². The average Bonchev–Trinajstić information content (AvgIpc) is 3.03. The molecule has 0 aromatic heterocycles. The van der Waals surface area contributed by atoms with Gasteiger partial charge in [0.2, 0.25) is 0 Å². The van der Waals surface area contributed by atoms with E-state index in [1.54, 1.807) is 0 Å². The van der Waals surface area contributed by atoms with Crippen molar-refractivity contribution in [3.8, 4) is 0 Å². The predicted octanol–water partition coefficient (Wildman–Crippen LogP) is 12.0. The lowest BCUT2D eigenvalue weighted by atomic mass is 10.0. The number of ether oxygens (including phenoxy) is 3. The van der Waals surface area contributed by atoms with Crippen molar-refractivity contribution in [3.05, 3.63) is 0 Å². The van der Waals surface area contributed by atoms with Crippen molar-refractivity contribution in [2.45, 2.75) is 220 Å². The van der Waals surface area contributed by atoms with E-state index >= 15 is 0 Å². The number of carbonyl (C=O) groups excluding carboxylic acids is 3. The molecule has 1 atom stereocenters. The second-order valence-corrected chi connectivity index (χ2v) is 14.0. The van der Waals surface area contributed by atoms with Crippen LogP contribution < -0.4 is 0 Å². The van der Waals surface area contributed by atoms with Crippen molar-refractivity contribution in [2.75, 3.05) is 13.2 Å². The third-order valence-corrected chi connectivity index (χ3v) is 8.79. The summed E-state index contributed by atoms with van der Waals surface area (Å²) in [5.74, 6) is -0.0638. The van der Waals surface area contributed by atoms with Gasteiger partial charge in [-0.3, -0.25) is 14.4 Å². The number of hydrogen-bond donors (Lipinski definition) is 0. The van der Waals surface area contributed by atoms with Crippen molar-refractivity contribution in [1.82, 2.24) is 0 Å². The zero-order chi connectivity index (χ0) is 33.9. The molecule has 0 aliphatic rings. The molecule has 6 heteroatoms. The first-order valence-corrected chi connectivity index (χ1v) is 19.9. The second-order valence-electron chi connectivity index (χ2n) is 14.0. The van der Waals surface area contributed by atoms with Crippen LogP contribution in [0.4, 0.5) is 0 Å². The highest BCUT2D eigenvalue weighted by atomic mass is 16.6. The highest BCUT2D eigenvalue weighted by molar-refractivity contribution is 5.71. The summed E-state index contributed by atoms with van der Waals surface area (Å²) in [4.78, 5) is 37.3. The Bertz CT molecular complexity index is 691. The van der Waals surface area contributed by atoms with Gasteiger partial charge in [-0.1, -0.05) is 175 Å². The van der Waals surface area contributed by atoms with Gasteiger partial charge in [0.05, 0.1) is 0 Å². The summed E-state index contributed by atoms with van der Waals surface area (Å²) >= 11 is 0. The first-order chi connectivity index (χ1) is 22.4. The predicted molar refractivity (Wildman–Crippen MR) is 192 cm³/mol. The van der Waals surface area contributed by atoms with Gasteiger partial charge < -0.3 is 14.2 Å². The Morgan fingerprint density at radius 3 is 1.07 bits per heavy atom. The fraction of sp³-hybridized carbons (Fsp3) is 0.925. The van der Waals surface area contributed by atoms with Crippen LogP contribution in [0.3, 0.4) is 0 Å². The van der Waals surface area contributed by atoms with Gasteiger partial charge in [0.25, 0.3) is 0 Å². The van der Waals surface area contributed by atoms with E-state index in [0.717, 1.165) is 63.7 Å². The molecule has 0 aliphatic heterocycles. The van der Waals surface area contributed by atoms with Gasteiger partial charge in [-0.2, -0.15) is 0 Å². The molecule has 272 valence electrons. The van der Waals surface area contributed by atoms with Crippen LogP contribution in [0.5, 0.6) is 0 Å². The first kappa shape index (κ1) is 44.4. The van der Waals surface area contributed by atoms with Crippen LogP contribution in [0.15, 0.2) is 0 Å². The molecule has 6 nitrogen and oxygen atoms in total. The standard InChI is InChI=1S/C40H76O6/c1-5-7-9-11-13-15-21-25-29-33-40(43)46-37(34-44-38(41)31-27-23-18-12-10-8-6-2)35-45-39(42)32-28-24-20-17-14-16-19-22-26-30-36(3)4/h36-37H,5-35H2,1-4H3/t37-/m0/s1. The van der Waals surface area contributed by atoms with Gasteiger partial charge >= 0.3 is 17.9 Å². The van der Waals surface area contributed by atoms with E-state index in [9.17, 15) is 14.4 Å². The van der Waals surface area contributed by atoms with Crippen LogP contribution >= 0.6 is 0 Å².